The van der Waals surface area contributed by atoms with Crippen molar-refractivity contribution in [1.29, 1.82) is 0 Å². The number of nitrogens with one attached hydrogen (secondary N) is 2. The van der Waals surface area contributed by atoms with Crippen molar-refractivity contribution in [3.05, 3.63) is 47.5 Å². The molecule has 1 atom stereocenters. The molecule has 164 valence electrons. The molecule has 0 spiro atoms. The van der Waals surface area contributed by atoms with Crippen molar-refractivity contribution in [2.75, 3.05) is 13.2 Å². The zero-order chi connectivity index (χ0) is 21.2. The Kier molecular flexibility index (Phi) is 8.68. The minimum atomic E-state index is 0.335. The summed E-state index contributed by atoms with van der Waals surface area (Å²) in [5.74, 6) is 3.28. The molecule has 1 fully saturated rings. The fourth-order valence-corrected chi connectivity index (χ4v) is 4.03. The Bertz CT molecular complexity index is 782. The molecule has 30 heavy (non-hydrogen) atoms. The van der Waals surface area contributed by atoms with Crippen molar-refractivity contribution in [3.8, 4) is 0 Å². The van der Waals surface area contributed by atoms with Crippen molar-refractivity contribution < 1.29 is 4.74 Å². The van der Waals surface area contributed by atoms with Gasteiger partial charge in [-0.15, -0.1) is 10.2 Å². The summed E-state index contributed by atoms with van der Waals surface area (Å²) in [7, 11) is 1.98. The predicted molar refractivity (Wildman–Crippen MR) is 120 cm³/mol. The highest BCUT2D eigenvalue weighted by Crippen LogP contribution is 2.30. The Balaban J connectivity index is 1.58. The van der Waals surface area contributed by atoms with Gasteiger partial charge in [0.15, 0.2) is 11.8 Å². The van der Waals surface area contributed by atoms with Crippen molar-refractivity contribution >= 4 is 5.96 Å². The smallest absolute Gasteiger partial charge is 0.191 e. The maximum absolute atomic E-state index is 6.06. The van der Waals surface area contributed by atoms with E-state index in [4.69, 9.17) is 9.73 Å². The molecule has 2 N–H and O–H groups in total. The molecule has 7 heteroatoms. The van der Waals surface area contributed by atoms with E-state index in [-0.39, 0.29) is 0 Å². The average Bonchev–Trinajstić information content (AvgIpc) is 3.41. The number of rotatable bonds is 10. The second-order valence-electron chi connectivity index (χ2n) is 7.98. The Morgan fingerprint density at radius 2 is 1.97 bits per heavy atom. The van der Waals surface area contributed by atoms with Crippen LogP contribution in [0.25, 0.3) is 0 Å². The largest absolute Gasteiger partial charge is 0.378 e. The molecule has 1 saturated carbocycles. The van der Waals surface area contributed by atoms with Crippen LogP contribution < -0.4 is 10.6 Å². The van der Waals surface area contributed by atoms with Crippen LogP contribution >= 0.6 is 0 Å². The predicted octanol–water partition coefficient (Wildman–Crippen LogP) is 3.34. The van der Waals surface area contributed by atoms with Crippen LogP contribution in [0.5, 0.6) is 0 Å². The third-order valence-electron chi connectivity index (χ3n) is 5.89. The SMILES string of the molecule is CCOC(CCNC(=NCc1ccccc1)NCc1nnc(C)n1C)C1CCCC1. The highest BCUT2D eigenvalue weighted by molar-refractivity contribution is 5.79. The first-order valence-corrected chi connectivity index (χ1v) is 11.2. The monoisotopic (exact) mass is 412 g/mol. The standard InChI is InChI=1S/C23H36N6O/c1-4-30-21(20-12-8-9-13-20)14-15-24-23(25-16-19-10-6-5-7-11-19)26-17-22-28-27-18(2)29(22)3/h5-7,10-11,20-21H,4,8-9,12-17H2,1-3H3,(H2,24,25,26). The van der Waals surface area contributed by atoms with Crippen LogP contribution in [0.4, 0.5) is 0 Å². The lowest BCUT2D eigenvalue weighted by molar-refractivity contribution is 0.0169. The fourth-order valence-electron chi connectivity index (χ4n) is 4.03. The van der Waals surface area contributed by atoms with Gasteiger partial charge in [-0.1, -0.05) is 43.2 Å². The van der Waals surface area contributed by atoms with Gasteiger partial charge in [0, 0.05) is 20.2 Å². The normalized spacial score (nSPS) is 16.0. The van der Waals surface area contributed by atoms with Gasteiger partial charge in [-0.05, 0) is 44.6 Å². The average molecular weight is 413 g/mol. The molecular weight excluding hydrogens is 376 g/mol. The van der Waals surface area contributed by atoms with Gasteiger partial charge in [0.25, 0.3) is 0 Å². The second kappa shape index (κ2) is 11.7. The van der Waals surface area contributed by atoms with Gasteiger partial charge in [-0.25, -0.2) is 4.99 Å². The van der Waals surface area contributed by atoms with Gasteiger partial charge in [0.1, 0.15) is 5.82 Å². The van der Waals surface area contributed by atoms with E-state index in [0.29, 0.717) is 25.1 Å². The molecule has 1 aromatic carbocycles. The number of ether oxygens (including phenoxy) is 1. The molecule has 2 aromatic rings. The zero-order valence-corrected chi connectivity index (χ0v) is 18.6. The quantitative estimate of drug-likeness (QED) is 0.462. The minimum absolute atomic E-state index is 0.335. The number of benzene rings is 1. The van der Waals surface area contributed by atoms with Crippen LogP contribution in [-0.4, -0.2) is 40.0 Å². The summed E-state index contributed by atoms with van der Waals surface area (Å²) in [6.07, 6.45) is 6.59. The number of hydrogen-bond donors (Lipinski definition) is 2. The van der Waals surface area contributed by atoms with Crippen molar-refractivity contribution in [2.24, 2.45) is 18.0 Å². The van der Waals surface area contributed by atoms with Crippen molar-refractivity contribution in [1.82, 2.24) is 25.4 Å². The number of aryl methyl sites for hydroxylation is 1. The topological polar surface area (TPSA) is 76.4 Å². The van der Waals surface area contributed by atoms with Crippen LogP contribution in [-0.2, 0) is 24.9 Å². The molecule has 7 nitrogen and oxygen atoms in total. The summed E-state index contributed by atoms with van der Waals surface area (Å²) < 4.78 is 8.06. The number of guanidine groups is 1. The highest BCUT2D eigenvalue weighted by Gasteiger charge is 2.25. The van der Waals surface area contributed by atoms with Crippen LogP contribution in [0.15, 0.2) is 35.3 Å². The van der Waals surface area contributed by atoms with Crippen molar-refractivity contribution in [3.63, 3.8) is 0 Å². The zero-order valence-electron chi connectivity index (χ0n) is 18.6. The summed E-state index contributed by atoms with van der Waals surface area (Å²) in [6.45, 7) is 6.86. The molecule has 1 aliphatic rings. The van der Waals surface area contributed by atoms with E-state index < -0.39 is 0 Å². The molecule has 1 heterocycles. The first-order valence-electron chi connectivity index (χ1n) is 11.2. The molecule has 0 saturated heterocycles. The van der Waals surface area contributed by atoms with Gasteiger partial charge < -0.3 is 19.9 Å². The first kappa shape index (κ1) is 22.3. The summed E-state index contributed by atoms with van der Waals surface area (Å²) >= 11 is 0. The fraction of sp³-hybridized carbons (Fsp3) is 0.609. The summed E-state index contributed by atoms with van der Waals surface area (Å²) in [4.78, 5) is 4.78. The maximum atomic E-state index is 6.06. The van der Waals surface area contributed by atoms with E-state index in [1.165, 1.54) is 31.2 Å². The van der Waals surface area contributed by atoms with Gasteiger partial charge in [0.05, 0.1) is 19.2 Å². The lowest BCUT2D eigenvalue weighted by atomic mass is 9.98. The molecular formula is C23H36N6O. The number of aliphatic imine (C=N–C) groups is 1. The molecule has 0 bridgehead atoms. The van der Waals surface area contributed by atoms with E-state index in [2.05, 4.69) is 39.9 Å². The molecule has 1 aromatic heterocycles. The molecule has 3 rings (SSSR count). The maximum Gasteiger partial charge on any atom is 0.191 e. The Morgan fingerprint density at radius 1 is 1.20 bits per heavy atom. The third kappa shape index (κ3) is 6.55. The number of aromatic nitrogens is 3. The molecule has 0 aliphatic heterocycles. The van der Waals surface area contributed by atoms with Gasteiger partial charge >= 0.3 is 0 Å². The Hall–Kier alpha value is -2.41. The minimum Gasteiger partial charge on any atom is -0.378 e. The summed E-state index contributed by atoms with van der Waals surface area (Å²) in [5, 5.41) is 15.3. The van der Waals surface area contributed by atoms with Gasteiger partial charge in [-0.3, -0.25) is 0 Å². The first-order chi connectivity index (χ1) is 14.7. The molecule has 1 aliphatic carbocycles. The molecule has 1 unspecified atom stereocenters. The lowest BCUT2D eigenvalue weighted by Gasteiger charge is -2.24. The lowest BCUT2D eigenvalue weighted by Crippen LogP contribution is -2.39. The van der Waals surface area contributed by atoms with Crippen molar-refractivity contribution in [2.45, 2.75) is 65.1 Å². The van der Waals surface area contributed by atoms with Crippen LogP contribution in [0.1, 0.15) is 56.2 Å². The van der Waals surface area contributed by atoms with E-state index in [1.54, 1.807) is 0 Å². The Labute approximate surface area is 180 Å². The number of nitrogens with zero attached hydrogens (tertiary/aromatic N) is 4. The van der Waals surface area contributed by atoms with Gasteiger partial charge in [0.2, 0.25) is 0 Å². The van der Waals surface area contributed by atoms with Crippen LogP contribution in [0, 0.1) is 12.8 Å². The molecule has 0 radical (unpaired) electrons. The third-order valence-corrected chi connectivity index (χ3v) is 5.89. The molecule has 0 amide bonds. The van der Waals surface area contributed by atoms with E-state index in [0.717, 1.165) is 37.2 Å². The number of hydrogen-bond acceptors (Lipinski definition) is 4. The van der Waals surface area contributed by atoms with E-state index >= 15 is 0 Å². The second-order valence-corrected chi connectivity index (χ2v) is 7.98. The van der Waals surface area contributed by atoms with Gasteiger partial charge in [-0.2, -0.15) is 0 Å². The van der Waals surface area contributed by atoms with Crippen LogP contribution in [0.2, 0.25) is 0 Å². The highest BCUT2D eigenvalue weighted by atomic mass is 16.5. The summed E-state index contributed by atoms with van der Waals surface area (Å²) in [6, 6.07) is 10.3. The van der Waals surface area contributed by atoms with E-state index in [1.807, 2.05) is 36.7 Å². The Morgan fingerprint density at radius 3 is 2.63 bits per heavy atom. The van der Waals surface area contributed by atoms with Crippen LogP contribution in [0.3, 0.4) is 0 Å². The summed E-state index contributed by atoms with van der Waals surface area (Å²) in [5.41, 5.74) is 1.19. The van der Waals surface area contributed by atoms with E-state index in [9.17, 15) is 0 Å².